The maximum absolute atomic E-state index is 12.6. The molecule has 1 saturated carbocycles. The molecule has 0 unspecified atom stereocenters. The number of carbonyl (C=O) groups is 2. The lowest BCUT2D eigenvalue weighted by Crippen LogP contribution is -2.52. The zero-order valence-corrected chi connectivity index (χ0v) is 16.5. The standard InChI is InChI=1S/C22H31N3O2/c1-18-6-2-3-7-19(18)24-13-10-23(11-14-24)12-15-25-20(26)16-22(17-21(25)27)8-4-5-9-22/h2-3,6-7H,4-5,8-17H2,1H3. The van der Waals surface area contributed by atoms with Gasteiger partial charge in [-0.1, -0.05) is 31.0 Å². The van der Waals surface area contributed by atoms with E-state index in [9.17, 15) is 9.59 Å². The van der Waals surface area contributed by atoms with E-state index in [4.69, 9.17) is 0 Å². The van der Waals surface area contributed by atoms with E-state index in [0.29, 0.717) is 19.4 Å². The first-order valence-corrected chi connectivity index (χ1v) is 10.4. The number of carbonyl (C=O) groups excluding carboxylic acids is 2. The van der Waals surface area contributed by atoms with Gasteiger partial charge in [0.2, 0.25) is 11.8 Å². The maximum Gasteiger partial charge on any atom is 0.229 e. The Hall–Kier alpha value is -1.88. The molecule has 5 heteroatoms. The van der Waals surface area contributed by atoms with Crippen molar-refractivity contribution >= 4 is 17.5 Å². The van der Waals surface area contributed by atoms with Crippen molar-refractivity contribution in [3.8, 4) is 0 Å². The number of amides is 2. The highest BCUT2D eigenvalue weighted by atomic mass is 16.2. The van der Waals surface area contributed by atoms with Gasteiger partial charge in [-0.2, -0.15) is 0 Å². The fraction of sp³-hybridized carbons (Fsp3) is 0.636. The Morgan fingerprint density at radius 1 is 0.889 bits per heavy atom. The van der Waals surface area contributed by atoms with Gasteiger partial charge in [0.1, 0.15) is 0 Å². The summed E-state index contributed by atoms with van der Waals surface area (Å²) in [6.07, 6.45) is 5.62. The third kappa shape index (κ3) is 3.88. The third-order valence-electron chi connectivity index (χ3n) is 6.79. The lowest BCUT2D eigenvalue weighted by molar-refractivity contribution is -0.153. The van der Waals surface area contributed by atoms with Crippen molar-refractivity contribution in [3.05, 3.63) is 29.8 Å². The van der Waals surface area contributed by atoms with Gasteiger partial charge >= 0.3 is 0 Å². The van der Waals surface area contributed by atoms with Crippen molar-refractivity contribution in [3.63, 3.8) is 0 Å². The molecule has 0 radical (unpaired) electrons. The van der Waals surface area contributed by atoms with E-state index in [2.05, 4.69) is 41.0 Å². The van der Waals surface area contributed by atoms with E-state index in [-0.39, 0.29) is 17.2 Å². The number of imide groups is 1. The van der Waals surface area contributed by atoms with E-state index >= 15 is 0 Å². The van der Waals surface area contributed by atoms with Crippen LogP contribution in [0.4, 0.5) is 5.69 Å². The summed E-state index contributed by atoms with van der Waals surface area (Å²) in [4.78, 5) is 31.5. The molecule has 1 spiro atoms. The molecule has 1 aromatic rings. The maximum atomic E-state index is 12.6. The minimum atomic E-state index is 0.00381. The van der Waals surface area contributed by atoms with Gasteiger partial charge in [-0.25, -0.2) is 0 Å². The fourth-order valence-corrected chi connectivity index (χ4v) is 5.13. The van der Waals surface area contributed by atoms with Gasteiger partial charge in [0.15, 0.2) is 0 Å². The van der Waals surface area contributed by atoms with Gasteiger partial charge in [0.25, 0.3) is 0 Å². The monoisotopic (exact) mass is 369 g/mol. The Morgan fingerprint density at radius 3 is 2.15 bits per heavy atom. The van der Waals surface area contributed by atoms with Gasteiger partial charge in [-0.3, -0.25) is 19.4 Å². The number of anilines is 1. The van der Waals surface area contributed by atoms with Crippen LogP contribution in [0.15, 0.2) is 24.3 Å². The van der Waals surface area contributed by atoms with Crippen LogP contribution in [-0.4, -0.2) is 60.9 Å². The summed E-state index contributed by atoms with van der Waals surface area (Å²) in [7, 11) is 0. The second-order valence-corrected chi connectivity index (χ2v) is 8.61. The summed E-state index contributed by atoms with van der Waals surface area (Å²) >= 11 is 0. The number of benzene rings is 1. The number of hydrogen-bond donors (Lipinski definition) is 0. The van der Waals surface area contributed by atoms with Crippen molar-refractivity contribution in [2.45, 2.75) is 45.4 Å². The lowest BCUT2D eigenvalue weighted by Gasteiger charge is -2.40. The molecular formula is C22H31N3O2. The highest BCUT2D eigenvalue weighted by Crippen LogP contribution is 2.46. The smallest absolute Gasteiger partial charge is 0.229 e. The van der Waals surface area contributed by atoms with Crippen molar-refractivity contribution in [2.24, 2.45) is 5.41 Å². The van der Waals surface area contributed by atoms with E-state index in [1.54, 1.807) is 0 Å². The number of nitrogens with zero attached hydrogens (tertiary/aromatic N) is 3. The van der Waals surface area contributed by atoms with E-state index in [1.807, 2.05) is 0 Å². The Balaban J connectivity index is 1.27. The highest BCUT2D eigenvalue weighted by molar-refractivity contribution is 5.98. The Bertz CT molecular complexity index is 683. The number of likely N-dealkylation sites (tertiary alicyclic amines) is 1. The van der Waals surface area contributed by atoms with Crippen LogP contribution in [-0.2, 0) is 9.59 Å². The molecular weight excluding hydrogens is 338 g/mol. The largest absolute Gasteiger partial charge is 0.369 e. The number of aryl methyl sites for hydroxylation is 1. The van der Waals surface area contributed by atoms with Gasteiger partial charge in [-0.15, -0.1) is 0 Å². The molecule has 0 aromatic heterocycles. The van der Waals surface area contributed by atoms with Crippen molar-refractivity contribution in [1.82, 2.24) is 9.80 Å². The second kappa shape index (κ2) is 7.63. The Labute approximate surface area is 162 Å². The summed E-state index contributed by atoms with van der Waals surface area (Å²) in [6, 6.07) is 8.53. The van der Waals surface area contributed by atoms with Crippen LogP contribution in [0, 0.1) is 12.3 Å². The zero-order valence-electron chi connectivity index (χ0n) is 16.5. The summed E-state index contributed by atoms with van der Waals surface area (Å²) in [5.41, 5.74) is 2.64. The van der Waals surface area contributed by atoms with Crippen LogP contribution < -0.4 is 4.90 Å². The summed E-state index contributed by atoms with van der Waals surface area (Å²) in [5, 5.41) is 0. The predicted octanol–water partition coefficient (Wildman–Crippen LogP) is 2.83. The lowest BCUT2D eigenvalue weighted by atomic mass is 9.76. The minimum Gasteiger partial charge on any atom is -0.369 e. The third-order valence-corrected chi connectivity index (χ3v) is 6.79. The number of piperazine rings is 1. The molecule has 0 bridgehead atoms. The van der Waals surface area contributed by atoms with E-state index in [0.717, 1.165) is 45.6 Å². The van der Waals surface area contributed by atoms with Gasteiger partial charge in [0, 0.05) is 57.8 Å². The molecule has 27 heavy (non-hydrogen) atoms. The minimum absolute atomic E-state index is 0.00381. The number of para-hydroxylation sites is 1. The predicted molar refractivity (Wildman–Crippen MR) is 107 cm³/mol. The summed E-state index contributed by atoms with van der Waals surface area (Å²) in [5.74, 6) is 0.124. The number of hydrogen-bond acceptors (Lipinski definition) is 4. The molecule has 1 aliphatic carbocycles. The average Bonchev–Trinajstić information content (AvgIpc) is 3.09. The topological polar surface area (TPSA) is 43.9 Å². The molecule has 146 valence electrons. The number of rotatable bonds is 4. The molecule has 0 atom stereocenters. The summed E-state index contributed by atoms with van der Waals surface area (Å²) in [6.45, 7) is 7.46. The second-order valence-electron chi connectivity index (χ2n) is 8.61. The van der Waals surface area contributed by atoms with Crippen molar-refractivity contribution in [1.29, 1.82) is 0 Å². The molecule has 0 N–H and O–H groups in total. The van der Waals surface area contributed by atoms with Gasteiger partial charge in [-0.05, 0) is 36.8 Å². The molecule has 2 amide bonds. The normalized spacial score (nSPS) is 23.4. The van der Waals surface area contributed by atoms with Gasteiger partial charge in [0.05, 0.1) is 0 Å². The summed E-state index contributed by atoms with van der Waals surface area (Å²) < 4.78 is 0. The van der Waals surface area contributed by atoms with Crippen LogP contribution in [0.1, 0.15) is 44.1 Å². The highest BCUT2D eigenvalue weighted by Gasteiger charge is 2.44. The molecule has 2 saturated heterocycles. The molecule has 1 aromatic carbocycles. The zero-order chi connectivity index (χ0) is 18.9. The van der Waals surface area contributed by atoms with Gasteiger partial charge < -0.3 is 4.90 Å². The first-order chi connectivity index (χ1) is 13.1. The first-order valence-electron chi connectivity index (χ1n) is 10.4. The van der Waals surface area contributed by atoms with Crippen LogP contribution in [0.5, 0.6) is 0 Å². The molecule has 3 aliphatic rings. The van der Waals surface area contributed by atoms with Crippen LogP contribution in [0.2, 0.25) is 0 Å². The van der Waals surface area contributed by atoms with Crippen LogP contribution in [0.3, 0.4) is 0 Å². The van der Waals surface area contributed by atoms with Crippen molar-refractivity contribution < 1.29 is 9.59 Å². The number of piperidine rings is 1. The average molecular weight is 370 g/mol. The Morgan fingerprint density at radius 2 is 1.52 bits per heavy atom. The molecule has 5 nitrogen and oxygen atoms in total. The first kappa shape index (κ1) is 18.5. The molecule has 4 rings (SSSR count). The Kier molecular flexibility index (Phi) is 5.22. The van der Waals surface area contributed by atoms with E-state index < -0.39 is 0 Å². The van der Waals surface area contributed by atoms with Crippen molar-refractivity contribution in [2.75, 3.05) is 44.2 Å². The quantitative estimate of drug-likeness (QED) is 0.766. The molecule has 2 aliphatic heterocycles. The molecule has 2 heterocycles. The fourth-order valence-electron chi connectivity index (χ4n) is 5.13. The SMILES string of the molecule is Cc1ccccc1N1CCN(CCN2C(=O)CC3(CCCC3)CC2=O)CC1. The van der Waals surface area contributed by atoms with Crippen LogP contribution >= 0.6 is 0 Å². The molecule has 3 fully saturated rings. The van der Waals surface area contributed by atoms with E-state index in [1.165, 1.54) is 29.0 Å². The van der Waals surface area contributed by atoms with Crippen LogP contribution in [0.25, 0.3) is 0 Å².